The first-order valence-electron chi connectivity index (χ1n) is 9.58. The Morgan fingerprint density at radius 3 is 2.23 bits per heavy atom. The van der Waals surface area contributed by atoms with Crippen molar-refractivity contribution in [2.75, 3.05) is 0 Å². The van der Waals surface area contributed by atoms with Crippen LogP contribution in [0.1, 0.15) is 0 Å². The molecule has 1 aliphatic heterocycles. The molecule has 0 saturated carbocycles. The molecule has 5 heteroatoms. The van der Waals surface area contributed by atoms with Gasteiger partial charge in [0.15, 0.2) is 11.5 Å². The second kappa shape index (κ2) is 6.65. The second-order valence-electron chi connectivity index (χ2n) is 7.05. The number of rotatable bonds is 2. The minimum atomic E-state index is 0.492. The van der Waals surface area contributed by atoms with E-state index in [-0.39, 0.29) is 0 Å². The molecule has 3 aromatic carbocycles. The first-order chi connectivity index (χ1) is 14.8. The highest BCUT2D eigenvalue weighted by Crippen LogP contribution is 2.46. The van der Waals surface area contributed by atoms with Crippen molar-refractivity contribution in [1.29, 1.82) is 0 Å². The van der Waals surface area contributed by atoms with E-state index >= 15 is 0 Å². The minimum absolute atomic E-state index is 0.492. The van der Waals surface area contributed by atoms with Gasteiger partial charge in [0.2, 0.25) is 5.88 Å². The molecule has 0 atom stereocenters. The van der Waals surface area contributed by atoms with Crippen LogP contribution in [0.5, 0.6) is 11.6 Å². The van der Waals surface area contributed by atoms with E-state index in [1.807, 2.05) is 78.9 Å². The molecule has 0 fully saturated rings. The number of aromatic nitrogens is 3. The minimum Gasteiger partial charge on any atom is -0.437 e. The monoisotopic (exact) mass is 407 g/mol. The fourth-order valence-corrected chi connectivity index (χ4v) is 4.01. The Bertz CT molecular complexity index is 1430. The molecule has 0 N–H and O–H groups in total. The summed E-state index contributed by atoms with van der Waals surface area (Å²) >= 11 is 6.42. The standard InChI is InChI=1S/C25H14ClN3O/c26-19-12-6-4-11-17(19)23-28-24-22-18(14-20(27-24)15-8-2-1-3-9-15)16-10-5-7-13-21(16)30-25(22)29-23/h1-14H. The maximum Gasteiger partial charge on any atom is 0.233 e. The molecule has 1 aliphatic rings. The van der Waals surface area contributed by atoms with E-state index in [4.69, 9.17) is 31.3 Å². The van der Waals surface area contributed by atoms with Gasteiger partial charge in [0.1, 0.15) is 5.75 Å². The molecule has 3 heterocycles. The smallest absolute Gasteiger partial charge is 0.233 e. The van der Waals surface area contributed by atoms with Crippen LogP contribution in [-0.2, 0) is 0 Å². The van der Waals surface area contributed by atoms with Gasteiger partial charge in [-0.25, -0.2) is 9.97 Å². The number of benzene rings is 3. The average molecular weight is 408 g/mol. The van der Waals surface area contributed by atoms with E-state index in [0.717, 1.165) is 39.1 Å². The summed E-state index contributed by atoms with van der Waals surface area (Å²) in [6, 6.07) is 27.6. The van der Waals surface area contributed by atoms with E-state index in [2.05, 4.69) is 6.07 Å². The van der Waals surface area contributed by atoms with E-state index in [9.17, 15) is 0 Å². The zero-order valence-corrected chi connectivity index (χ0v) is 16.5. The van der Waals surface area contributed by atoms with Crippen LogP contribution in [0.3, 0.4) is 0 Å². The maximum absolute atomic E-state index is 6.42. The predicted octanol–water partition coefficient (Wildman–Crippen LogP) is 6.78. The van der Waals surface area contributed by atoms with Crippen LogP contribution in [0.25, 0.3) is 44.8 Å². The van der Waals surface area contributed by atoms with Gasteiger partial charge < -0.3 is 4.74 Å². The Morgan fingerprint density at radius 1 is 0.667 bits per heavy atom. The van der Waals surface area contributed by atoms with Crippen molar-refractivity contribution in [2.24, 2.45) is 0 Å². The van der Waals surface area contributed by atoms with Crippen molar-refractivity contribution >= 4 is 22.6 Å². The number of fused-ring (bicyclic) bond motifs is 2. The summed E-state index contributed by atoms with van der Waals surface area (Å²) in [5.74, 6) is 1.75. The van der Waals surface area contributed by atoms with Crippen LogP contribution >= 0.6 is 11.6 Å². The van der Waals surface area contributed by atoms with Crippen molar-refractivity contribution in [2.45, 2.75) is 0 Å². The third-order valence-electron chi connectivity index (χ3n) is 5.20. The number of hydrogen-bond donors (Lipinski definition) is 0. The molecule has 0 amide bonds. The van der Waals surface area contributed by atoms with Crippen molar-refractivity contribution in [3.8, 4) is 45.4 Å². The molecule has 0 spiro atoms. The molecule has 0 radical (unpaired) electrons. The molecule has 0 saturated heterocycles. The lowest BCUT2D eigenvalue weighted by atomic mass is 9.97. The fourth-order valence-electron chi connectivity index (χ4n) is 3.79. The van der Waals surface area contributed by atoms with E-state index < -0.39 is 0 Å². The van der Waals surface area contributed by atoms with E-state index in [1.165, 1.54) is 0 Å². The number of nitrogens with zero attached hydrogens (tertiary/aromatic N) is 3. The van der Waals surface area contributed by atoms with Crippen LogP contribution in [0, 0.1) is 0 Å². The summed E-state index contributed by atoms with van der Waals surface area (Å²) < 4.78 is 6.16. The van der Waals surface area contributed by atoms with Crippen molar-refractivity contribution in [1.82, 2.24) is 15.0 Å². The normalized spacial score (nSPS) is 11.8. The number of hydrogen-bond acceptors (Lipinski definition) is 4. The van der Waals surface area contributed by atoms with Gasteiger partial charge in [0, 0.05) is 22.3 Å². The molecule has 0 aliphatic carbocycles. The van der Waals surface area contributed by atoms with Gasteiger partial charge in [-0.3, -0.25) is 0 Å². The zero-order valence-electron chi connectivity index (χ0n) is 15.7. The van der Waals surface area contributed by atoms with Gasteiger partial charge in [-0.2, -0.15) is 4.98 Å². The molecule has 4 nitrogen and oxygen atoms in total. The Balaban J connectivity index is 1.70. The van der Waals surface area contributed by atoms with Gasteiger partial charge in [-0.05, 0) is 24.3 Å². The summed E-state index contributed by atoms with van der Waals surface area (Å²) in [5.41, 5.74) is 5.22. The second-order valence-corrected chi connectivity index (χ2v) is 7.46. The molecule has 6 rings (SSSR count). The van der Waals surface area contributed by atoms with Crippen molar-refractivity contribution < 1.29 is 4.74 Å². The number of pyridine rings is 1. The Kier molecular flexibility index (Phi) is 3.79. The summed E-state index contributed by atoms with van der Waals surface area (Å²) in [6.45, 7) is 0. The first kappa shape index (κ1) is 17.1. The highest BCUT2D eigenvalue weighted by Gasteiger charge is 2.25. The largest absolute Gasteiger partial charge is 0.437 e. The van der Waals surface area contributed by atoms with Crippen molar-refractivity contribution in [3.05, 3.63) is 90.0 Å². The van der Waals surface area contributed by atoms with E-state index in [1.54, 1.807) is 0 Å². The average Bonchev–Trinajstić information content (AvgIpc) is 2.79. The van der Waals surface area contributed by atoms with Crippen LogP contribution in [-0.4, -0.2) is 15.0 Å². The molecule has 5 aromatic rings. The first-order valence-corrected chi connectivity index (χ1v) is 9.96. The molecular weight excluding hydrogens is 394 g/mol. The fraction of sp³-hybridized carbons (Fsp3) is 0. The summed E-state index contributed by atoms with van der Waals surface area (Å²) in [6.07, 6.45) is 0. The molecule has 142 valence electrons. The van der Waals surface area contributed by atoms with Crippen LogP contribution < -0.4 is 4.74 Å². The molecular formula is C25H14ClN3O. The predicted molar refractivity (Wildman–Crippen MR) is 119 cm³/mol. The van der Waals surface area contributed by atoms with Gasteiger partial charge in [-0.15, -0.1) is 0 Å². The lowest BCUT2D eigenvalue weighted by molar-refractivity contribution is 0.467. The summed E-state index contributed by atoms with van der Waals surface area (Å²) in [7, 11) is 0. The molecule has 0 unspecified atom stereocenters. The molecule has 30 heavy (non-hydrogen) atoms. The molecule has 2 aromatic heterocycles. The van der Waals surface area contributed by atoms with Gasteiger partial charge in [-0.1, -0.05) is 72.3 Å². The Hall–Kier alpha value is -3.76. The lowest BCUT2D eigenvalue weighted by Crippen LogP contribution is -2.04. The highest BCUT2D eigenvalue weighted by atomic mass is 35.5. The van der Waals surface area contributed by atoms with Crippen LogP contribution in [0.4, 0.5) is 0 Å². The third kappa shape index (κ3) is 2.65. The number of halogens is 1. The maximum atomic E-state index is 6.42. The number of ether oxygens (including phenoxy) is 1. The number of para-hydroxylation sites is 1. The van der Waals surface area contributed by atoms with Gasteiger partial charge in [0.25, 0.3) is 0 Å². The van der Waals surface area contributed by atoms with Crippen LogP contribution in [0.15, 0.2) is 84.9 Å². The third-order valence-corrected chi connectivity index (χ3v) is 5.53. The highest BCUT2D eigenvalue weighted by molar-refractivity contribution is 6.33. The Morgan fingerprint density at radius 2 is 1.40 bits per heavy atom. The molecule has 0 bridgehead atoms. The summed E-state index contributed by atoms with van der Waals surface area (Å²) in [5, 5.41) is 1.39. The lowest BCUT2D eigenvalue weighted by Gasteiger charge is -2.21. The summed E-state index contributed by atoms with van der Waals surface area (Å²) in [4.78, 5) is 14.4. The quantitative estimate of drug-likeness (QED) is 0.317. The van der Waals surface area contributed by atoms with E-state index in [0.29, 0.717) is 22.4 Å². The Labute approximate surface area is 177 Å². The topological polar surface area (TPSA) is 47.9 Å². The van der Waals surface area contributed by atoms with Gasteiger partial charge >= 0.3 is 0 Å². The van der Waals surface area contributed by atoms with Crippen molar-refractivity contribution in [3.63, 3.8) is 0 Å². The SMILES string of the molecule is Clc1ccccc1-c1nc2c3c(cc(-c4ccccc4)nc3n1)-c1ccccc1O2. The van der Waals surface area contributed by atoms with Gasteiger partial charge in [0.05, 0.1) is 16.1 Å². The zero-order chi connectivity index (χ0) is 20.1. The van der Waals surface area contributed by atoms with Crippen LogP contribution in [0.2, 0.25) is 5.02 Å².